The molecule has 0 aliphatic carbocycles. The van der Waals surface area contributed by atoms with Crippen molar-refractivity contribution in [2.24, 2.45) is 5.92 Å². The number of fused-ring (bicyclic) bond motifs is 1. The van der Waals surface area contributed by atoms with E-state index in [9.17, 15) is 20.4 Å². The third kappa shape index (κ3) is 2.90. The van der Waals surface area contributed by atoms with Crippen LogP contribution in [0.5, 0.6) is 0 Å². The fraction of sp³-hybridized carbons (Fsp3) is 1.00. The molecule has 3 fully saturated rings. The van der Waals surface area contributed by atoms with Crippen LogP contribution < -0.4 is 0 Å². The molecule has 0 amide bonds. The van der Waals surface area contributed by atoms with Crippen LogP contribution in [0.3, 0.4) is 0 Å². The molecule has 4 N–H and O–H groups in total. The molecule has 8 nitrogen and oxygen atoms in total. The van der Waals surface area contributed by atoms with E-state index in [0.717, 1.165) is 0 Å². The molecule has 0 radical (unpaired) electrons. The van der Waals surface area contributed by atoms with Gasteiger partial charge >= 0.3 is 0 Å². The molecule has 10 atom stereocenters. The molecule has 0 aromatic carbocycles. The van der Waals surface area contributed by atoms with E-state index in [0.29, 0.717) is 6.61 Å². The summed E-state index contributed by atoms with van der Waals surface area (Å²) >= 11 is 0. The molecule has 22 heavy (non-hydrogen) atoms. The second-order valence-corrected chi connectivity index (χ2v) is 6.38. The molecule has 3 heterocycles. The van der Waals surface area contributed by atoms with Crippen molar-refractivity contribution in [2.45, 2.75) is 69.0 Å². The molecule has 0 bridgehead atoms. The Kier molecular flexibility index (Phi) is 4.73. The Bertz CT molecular complexity index is 391. The predicted molar refractivity (Wildman–Crippen MR) is 71.9 cm³/mol. The van der Waals surface area contributed by atoms with E-state index in [-0.39, 0.29) is 30.3 Å². The number of ether oxygens (including phenoxy) is 4. The zero-order chi connectivity index (χ0) is 16.0. The van der Waals surface area contributed by atoms with Crippen LogP contribution in [-0.4, -0.2) is 88.8 Å². The van der Waals surface area contributed by atoms with Gasteiger partial charge in [0.15, 0.2) is 6.29 Å². The highest BCUT2D eigenvalue weighted by molar-refractivity contribution is 5.00. The highest BCUT2D eigenvalue weighted by Crippen LogP contribution is 2.39. The smallest absolute Gasteiger partial charge is 0.187 e. The van der Waals surface area contributed by atoms with Gasteiger partial charge in [-0.3, -0.25) is 0 Å². The van der Waals surface area contributed by atoms with Crippen LogP contribution in [0, 0.1) is 5.92 Å². The van der Waals surface area contributed by atoms with Crippen LogP contribution in [0.25, 0.3) is 0 Å². The van der Waals surface area contributed by atoms with Gasteiger partial charge in [0.05, 0.1) is 25.4 Å². The maximum absolute atomic E-state index is 10.0. The van der Waals surface area contributed by atoms with Crippen molar-refractivity contribution in [3.63, 3.8) is 0 Å². The van der Waals surface area contributed by atoms with E-state index in [1.807, 2.05) is 13.8 Å². The third-order valence-corrected chi connectivity index (χ3v) is 4.67. The summed E-state index contributed by atoms with van der Waals surface area (Å²) in [5.74, 6) is 0.0207. The number of hydrogen-bond acceptors (Lipinski definition) is 8. The molecule has 0 spiro atoms. The first-order chi connectivity index (χ1) is 10.4. The Morgan fingerprint density at radius 1 is 1.00 bits per heavy atom. The minimum Gasteiger partial charge on any atom is -0.394 e. The van der Waals surface area contributed by atoms with Gasteiger partial charge in [0.2, 0.25) is 0 Å². The van der Waals surface area contributed by atoms with Gasteiger partial charge in [0, 0.05) is 5.92 Å². The lowest BCUT2D eigenvalue weighted by molar-refractivity contribution is -0.316. The van der Waals surface area contributed by atoms with Gasteiger partial charge in [-0.1, -0.05) is 6.92 Å². The van der Waals surface area contributed by atoms with E-state index in [1.165, 1.54) is 0 Å². The zero-order valence-corrected chi connectivity index (χ0v) is 12.6. The first-order valence-corrected chi connectivity index (χ1v) is 7.67. The van der Waals surface area contributed by atoms with Crippen molar-refractivity contribution < 1.29 is 39.4 Å². The van der Waals surface area contributed by atoms with E-state index in [4.69, 9.17) is 18.9 Å². The SMILES string of the molecule is CC1CO[C@H](C)[C@@H]2OC2[C@@H]1O[C@@H]1OC(CO)[C@@H](O)[C@H](O)C1O. The number of aliphatic hydroxyl groups excluding tert-OH is 4. The molecule has 3 rings (SSSR count). The fourth-order valence-electron chi connectivity index (χ4n) is 3.14. The molecule has 128 valence electrons. The molecule has 0 aromatic heterocycles. The summed E-state index contributed by atoms with van der Waals surface area (Å²) in [5.41, 5.74) is 0. The Labute approximate surface area is 128 Å². The highest BCUT2D eigenvalue weighted by atomic mass is 16.7. The Hall–Kier alpha value is -0.320. The fourth-order valence-corrected chi connectivity index (χ4v) is 3.14. The van der Waals surface area contributed by atoms with Gasteiger partial charge in [-0.05, 0) is 6.92 Å². The van der Waals surface area contributed by atoms with Crippen LogP contribution in [-0.2, 0) is 18.9 Å². The number of hydrogen-bond donors (Lipinski definition) is 4. The van der Waals surface area contributed by atoms with Crippen LogP contribution in [0.4, 0.5) is 0 Å². The van der Waals surface area contributed by atoms with Crippen molar-refractivity contribution in [1.29, 1.82) is 0 Å². The molecular formula is C14H24O8. The molecule has 4 unspecified atom stereocenters. The second kappa shape index (κ2) is 6.29. The van der Waals surface area contributed by atoms with Gasteiger partial charge in [-0.2, -0.15) is 0 Å². The minimum atomic E-state index is -1.44. The standard InChI is InChI=1S/C14H24O8/c1-5-4-19-6(2)12-13(21-12)11(5)22-14-10(18)9(17)8(16)7(3-15)20-14/h5-18H,3-4H2,1-2H3/t5?,6-,7?,8-,9+,10?,11-,12+,13?,14+/m1/s1. The van der Waals surface area contributed by atoms with Crippen molar-refractivity contribution in [1.82, 2.24) is 0 Å². The van der Waals surface area contributed by atoms with E-state index >= 15 is 0 Å². The Morgan fingerprint density at radius 2 is 1.73 bits per heavy atom. The molecule has 3 saturated heterocycles. The van der Waals surface area contributed by atoms with Gasteiger partial charge in [-0.25, -0.2) is 0 Å². The van der Waals surface area contributed by atoms with E-state index in [2.05, 4.69) is 0 Å². The lowest BCUT2D eigenvalue weighted by Gasteiger charge is -2.41. The Morgan fingerprint density at radius 3 is 2.41 bits per heavy atom. The van der Waals surface area contributed by atoms with Crippen molar-refractivity contribution in [3.8, 4) is 0 Å². The van der Waals surface area contributed by atoms with Crippen LogP contribution >= 0.6 is 0 Å². The first-order valence-electron chi connectivity index (χ1n) is 7.67. The average molecular weight is 320 g/mol. The Balaban J connectivity index is 1.68. The molecular weight excluding hydrogens is 296 g/mol. The topological polar surface area (TPSA) is 121 Å². The van der Waals surface area contributed by atoms with Crippen LogP contribution in [0.15, 0.2) is 0 Å². The summed E-state index contributed by atoms with van der Waals surface area (Å²) in [6, 6.07) is 0. The summed E-state index contributed by atoms with van der Waals surface area (Å²) < 4.78 is 22.5. The van der Waals surface area contributed by atoms with Gasteiger partial charge in [0.1, 0.15) is 36.6 Å². The average Bonchev–Trinajstić information content (AvgIpc) is 3.30. The highest BCUT2D eigenvalue weighted by Gasteiger charge is 2.55. The summed E-state index contributed by atoms with van der Waals surface area (Å²) in [7, 11) is 0. The predicted octanol–water partition coefficient (Wildman–Crippen LogP) is -2.01. The van der Waals surface area contributed by atoms with Gasteiger partial charge in [-0.15, -0.1) is 0 Å². The lowest BCUT2D eigenvalue weighted by atomic mass is 9.98. The van der Waals surface area contributed by atoms with Crippen LogP contribution in [0.2, 0.25) is 0 Å². The summed E-state index contributed by atoms with van der Waals surface area (Å²) in [4.78, 5) is 0. The number of rotatable bonds is 3. The minimum absolute atomic E-state index is 0.0177. The third-order valence-electron chi connectivity index (χ3n) is 4.67. The normalized spacial score (nSPS) is 55.4. The van der Waals surface area contributed by atoms with E-state index in [1.54, 1.807) is 0 Å². The lowest BCUT2D eigenvalue weighted by Crippen LogP contribution is -2.60. The first kappa shape index (κ1) is 16.5. The van der Waals surface area contributed by atoms with Crippen molar-refractivity contribution in [2.75, 3.05) is 13.2 Å². The van der Waals surface area contributed by atoms with Crippen molar-refractivity contribution in [3.05, 3.63) is 0 Å². The molecule has 3 aliphatic heterocycles. The molecule has 0 aromatic rings. The monoisotopic (exact) mass is 320 g/mol. The molecule has 3 aliphatic rings. The zero-order valence-electron chi connectivity index (χ0n) is 12.6. The maximum atomic E-state index is 10.0. The summed E-state index contributed by atoms with van der Waals surface area (Å²) in [6.45, 7) is 3.91. The quantitative estimate of drug-likeness (QED) is 0.440. The number of epoxide rings is 1. The van der Waals surface area contributed by atoms with Gasteiger partial charge < -0.3 is 39.4 Å². The van der Waals surface area contributed by atoms with E-state index < -0.39 is 37.3 Å². The number of aliphatic hydroxyl groups is 4. The molecule has 0 saturated carbocycles. The van der Waals surface area contributed by atoms with Crippen molar-refractivity contribution >= 4 is 0 Å². The van der Waals surface area contributed by atoms with Crippen LogP contribution in [0.1, 0.15) is 13.8 Å². The second-order valence-electron chi connectivity index (χ2n) is 6.38. The maximum Gasteiger partial charge on any atom is 0.187 e. The summed E-state index contributed by atoms with van der Waals surface area (Å²) in [5, 5.41) is 38.8. The van der Waals surface area contributed by atoms with Gasteiger partial charge in [0.25, 0.3) is 0 Å². The molecule has 8 heteroatoms. The largest absolute Gasteiger partial charge is 0.394 e. The summed E-state index contributed by atoms with van der Waals surface area (Å²) in [6.07, 6.45) is -6.89.